The first-order chi connectivity index (χ1) is 12.0. The molecule has 1 aliphatic carbocycles. The average molecular weight is 350 g/mol. The first kappa shape index (κ1) is 21.5. The van der Waals surface area contributed by atoms with E-state index in [-0.39, 0.29) is 11.3 Å². The second-order valence-electron chi connectivity index (χ2n) is 7.23. The number of hydrogen-bond acceptors (Lipinski definition) is 4. The molecule has 0 aliphatic heterocycles. The van der Waals surface area contributed by atoms with Gasteiger partial charge in [-0.05, 0) is 12.8 Å². The molecule has 0 fully saturated rings. The lowest BCUT2D eigenvalue weighted by molar-refractivity contribution is -0.132. The number of likely N-dealkylation sites (N-methyl/N-ethyl adjacent to an activating group) is 1. The molecule has 4 nitrogen and oxygen atoms in total. The van der Waals surface area contributed by atoms with Gasteiger partial charge in [0.05, 0.1) is 5.70 Å². The molecule has 4 heteroatoms. The van der Waals surface area contributed by atoms with Crippen molar-refractivity contribution in [2.75, 3.05) is 14.1 Å². The Morgan fingerprint density at radius 2 is 1.32 bits per heavy atom. The van der Waals surface area contributed by atoms with Crippen molar-refractivity contribution in [1.82, 2.24) is 4.90 Å². The quantitative estimate of drug-likeness (QED) is 0.286. The van der Waals surface area contributed by atoms with Gasteiger partial charge in [0.2, 0.25) is 11.6 Å². The molecule has 1 aliphatic rings. The standard InChI is InChI=1S/C21H35NO3/c1-4-5-6-7-8-9-10-11-12-13-14-15-17-20(24)18(22(2)3)16-19(23)21(17)25/h16,24H,4-15H2,1-3H3. The maximum atomic E-state index is 12.0. The van der Waals surface area contributed by atoms with E-state index in [9.17, 15) is 14.7 Å². The maximum Gasteiger partial charge on any atom is 0.232 e. The van der Waals surface area contributed by atoms with Gasteiger partial charge in [-0.1, -0.05) is 71.1 Å². The fraction of sp³-hybridized carbons (Fsp3) is 0.714. The number of nitrogens with zero attached hydrogens (tertiary/aromatic N) is 1. The molecular formula is C21H35NO3. The number of aliphatic hydroxyl groups excluding tert-OH is 1. The Kier molecular flexibility index (Phi) is 10.2. The Morgan fingerprint density at radius 3 is 1.80 bits per heavy atom. The minimum atomic E-state index is -0.546. The highest BCUT2D eigenvalue weighted by Gasteiger charge is 2.28. The van der Waals surface area contributed by atoms with Gasteiger partial charge in [0.1, 0.15) is 5.76 Å². The third-order valence-electron chi connectivity index (χ3n) is 4.81. The van der Waals surface area contributed by atoms with Crippen molar-refractivity contribution in [2.45, 2.75) is 84.0 Å². The summed E-state index contributed by atoms with van der Waals surface area (Å²) in [6, 6.07) is 0. The Bertz CT molecular complexity index is 503. The Balaban J connectivity index is 2.22. The van der Waals surface area contributed by atoms with Gasteiger partial charge in [-0.2, -0.15) is 0 Å². The highest BCUT2D eigenvalue weighted by Crippen LogP contribution is 2.25. The summed E-state index contributed by atoms with van der Waals surface area (Å²) < 4.78 is 0. The molecule has 0 radical (unpaired) electrons. The Morgan fingerprint density at radius 1 is 0.840 bits per heavy atom. The summed E-state index contributed by atoms with van der Waals surface area (Å²) in [5, 5.41) is 10.2. The van der Waals surface area contributed by atoms with Crippen LogP contribution in [0.5, 0.6) is 0 Å². The molecule has 1 N–H and O–H groups in total. The number of carbonyl (C=O) groups excluding carboxylic acids is 2. The van der Waals surface area contributed by atoms with E-state index in [1.165, 1.54) is 57.4 Å². The molecule has 0 aromatic heterocycles. The summed E-state index contributed by atoms with van der Waals surface area (Å²) in [4.78, 5) is 25.4. The van der Waals surface area contributed by atoms with E-state index in [0.717, 1.165) is 19.3 Å². The number of carbonyl (C=O) groups is 2. The minimum absolute atomic E-state index is 0.0262. The smallest absolute Gasteiger partial charge is 0.232 e. The fourth-order valence-electron chi connectivity index (χ4n) is 3.21. The van der Waals surface area contributed by atoms with Gasteiger partial charge in [-0.25, -0.2) is 0 Å². The zero-order chi connectivity index (χ0) is 18.7. The van der Waals surface area contributed by atoms with Crippen LogP contribution in [0.2, 0.25) is 0 Å². The van der Waals surface area contributed by atoms with Gasteiger partial charge in [-0.15, -0.1) is 0 Å². The molecule has 1 rings (SSSR count). The van der Waals surface area contributed by atoms with Gasteiger partial charge in [-0.3, -0.25) is 9.59 Å². The molecule has 0 aromatic carbocycles. The van der Waals surface area contributed by atoms with Crippen molar-refractivity contribution in [2.24, 2.45) is 0 Å². The number of allylic oxidation sites excluding steroid dienone is 2. The molecule has 0 aromatic rings. The second-order valence-corrected chi connectivity index (χ2v) is 7.23. The van der Waals surface area contributed by atoms with Gasteiger partial charge < -0.3 is 10.0 Å². The molecule has 0 spiro atoms. The van der Waals surface area contributed by atoms with Crippen LogP contribution in [0, 0.1) is 0 Å². The fourth-order valence-corrected chi connectivity index (χ4v) is 3.21. The van der Waals surface area contributed by atoms with Crippen LogP contribution in [0.4, 0.5) is 0 Å². The van der Waals surface area contributed by atoms with Crippen molar-refractivity contribution < 1.29 is 14.7 Å². The van der Waals surface area contributed by atoms with Gasteiger partial charge >= 0.3 is 0 Å². The number of aliphatic hydroxyl groups is 1. The molecule has 0 unspecified atom stereocenters. The van der Waals surface area contributed by atoms with E-state index < -0.39 is 11.6 Å². The van der Waals surface area contributed by atoms with E-state index in [2.05, 4.69) is 6.92 Å². The third kappa shape index (κ3) is 7.45. The van der Waals surface area contributed by atoms with Crippen LogP contribution in [0.25, 0.3) is 0 Å². The molecular weight excluding hydrogens is 314 g/mol. The summed E-state index contributed by atoms with van der Waals surface area (Å²) in [6.07, 6.45) is 15.3. The number of rotatable bonds is 13. The van der Waals surface area contributed by atoms with Crippen LogP contribution < -0.4 is 0 Å². The predicted octanol–water partition coefficient (Wildman–Crippen LogP) is 5.10. The van der Waals surface area contributed by atoms with E-state index >= 15 is 0 Å². The van der Waals surface area contributed by atoms with Gasteiger partial charge in [0, 0.05) is 25.7 Å². The zero-order valence-corrected chi connectivity index (χ0v) is 16.3. The highest BCUT2D eigenvalue weighted by atomic mass is 16.3. The van der Waals surface area contributed by atoms with Crippen LogP contribution in [0.1, 0.15) is 84.0 Å². The minimum Gasteiger partial charge on any atom is -0.505 e. The van der Waals surface area contributed by atoms with Crippen molar-refractivity contribution in [1.29, 1.82) is 0 Å². The molecule has 0 amide bonds. The number of ketones is 2. The van der Waals surface area contributed by atoms with Crippen LogP contribution >= 0.6 is 0 Å². The molecule has 0 saturated carbocycles. The molecule has 25 heavy (non-hydrogen) atoms. The molecule has 0 bridgehead atoms. The first-order valence-electron chi connectivity index (χ1n) is 9.89. The predicted molar refractivity (Wildman–Crippen MR) is 103 cm³/mol. The van der Waals surface area contributed by atoms with Crippen LogP contribution in [0.15, 0.2) is 23.1 Å². The maximum absolute atomic E-state index is 12.0. The summed E-state index contributed by atoms with van der Waals surface area (Å²) in [5.74, 6) is -1.10. The van der Waals surface area contributed by atoms with Crippen LogP contribution in [0.3, 0.4) is 0 Å². The Hall–Kier alpha value is -1.58. The molecule has 0 atom stereocenters. The summed E-state index contributed by atoms with van der Waals surface area (Å²) in [6.45, 7) is 2.24. The van der Waals surface area contributed by atoms with E-state index in [1.807, 2.05) is 0 Å². The van der Waals surface area contributed by atoms with Gasteiger partial charge in [0.15, 0.2) is 0 Å². The Labute approximate surface area is 153 Å². The molecule has 142 valence electrons. The van der Waals surface area contributed by atoms with Crippen molar-refractivity contribution in [3.8, 4) is 0 Å². The van der Waals surface area contributed by atoms with Crippen molar-refractivity contribution in [3.05, 3.63) is 23.1 Å². The highest BCUT2D eigenvalue weighted by molar-refractivity contribution is 6.48. The summed E-state index contributed by atoms with van der Waals surface area (Å²) >= 11 is 0. The average Bonchev–Trinajstić information content (AvgIpc) is 2.58. The van der Waals surface area contributed by atoms with Crippen molar-refractivity contribution >= 4 is 11.6 Å². The normalized spacial score (nSPS) is 14.9. The van der Waals surface area contributed by atoms with Crippen molar-refractivity contribution in [3.63, 3.8) is 0 Å². The first-order valence-corrected chi connectivity index (χ1v) is 9.89. The summed E-state index contributed by atoms with van der Waals surface area (Å²) in [7, 11) is 3.51. The number of hydrogen-bond donors (Lipinski definition) is 1. The second kappa shape index (κ2) is 11.9. The van der Waals surface area contributed by atoms with Crippen LogP contribution in [-0.4, -0.2) is 35.7 Å². The van der Waals surface area contributed by atoms with E-state index in [4.69, 9.17) is 0 Å². The summed E-state index contributed by atoms with van der Waals surface area (Å²) in [5.41, 5.74) is 0.717. The number of unbranched alkanes of at least 4 members (excludes halogenated alkanes) is 10. The van der Waals surface area contributed by atoms with Crippen LogP contribution in [-0.2, 0) is 9.59 Å². The lowest BCUT2D eigenvalue weighted by Crippen LogP contribution is -2.26. The van der Waals surface area contributed by atoms with Gasteiger partial charge in [0.25, 0.3) is 0 Å². The van der Waals surface area contributed by atoms with E-state index in [1.54, 1.807) is 19.0 Å². The largest absolute Gasteiger partial charge is 0.505 e. The molecule has 0 saturated heterocycles. The number of Topliss-reactive ketones (excluding diaryl/α,β-unsaturated/α-hetero) is 1. The third-order valence-corrected chi connectivity index (χ3v) is 4.81. The van der Waals surface area contributed by atoms with E-state index in [0.29, 0.717) is 12.1 Å². The molecule has 0 heterocycles. The lowest BCUT2D eigenvalue weighted by Gasteiger charge is -2.21. The topological polar surface area (TPSA) is 57.6 Å². The monoisotopic (exact) mass is 349 g/mol. The lowest BCUT2D eigenvalue weighted by atomic mass is 9.93. The zero-order valence-electron chi connectivity index (χ0n) is 16.3. The SMILES string of the molecule is CCCCCCCCCCCCCC1=C(O)C(N(C)C)=CC(=O)C1=O.